The van der Waals surface area contributed by atoms with Gasteiger partial charge in [0, 0.05) is 19.3 Å². The average molecular weight is 515 g/mol. The maximum atomic E-state index is 12.9. The summed E-state index contributed by atoms with van der Waals surface area (Å²) in [6, 6.07) is 3.83. The second kappa shape index (κ2) is 10.0. The number of aromatic nitrogens is 4. The summed E-state index contributed by atoms with van der Waals surface area (Å²) >= 11 is 0. The Balaban J connectivity index is 1.46. The molecule has 0 fully saturated rings. The number of alkyl halides is 3. The Kier molecular flexibility index (Phi) is 7.01. The van der Waals surface area contributed by atoms with Crippen LogP contribution in [0, 0.1) is 13.8 Å². The molecule has 1 aliphatic carbocycles. The first-order chi connectivity index (χ1) is 17.5. The molecule has 0 aromatic carbocycles. The normalized spacial score (nSPS) is 15.7. The molecule has 3 aromatic heterocycles. The van der Waals surface area contributed by atoms with Crippen LogP contribution in [0.1, 0.15) is 52.1 Å². The molecule has 37 heavy (non-hydrogen) atoms. The Hall–Kier alpha value is -4.22. The minimum Gasteiger partial charge on any atom is -0.465 e. The van der Waals surface area contributed by atoms with E-state index >= 15 is 0 Å². The molecule has 0 aliphatic heterocycles. The number of nitrogens with zero attached hydrogens (tertiary/aromatic N) is 5. The molecule has 2 amide bonds. The maximum Gasteiger partial charge on any atom is 0.417 e. The third-order valence-corrected chi connectivity index (χ3v) is 6.42. The minimum absolute atomic E-state index is 0.0675. The molecule has 12 heteroatoms. The lowest BCUT2D eigenvalue weighted by molar-refractivity contribution is -0.137. The van der Waals surface area contributed by atoms with Crippen LogP contribution < -0.4 is 5.32 Å². The van der Waals surface area contributed by atoms with E-state index in [0.29, 0.717) is 30.6 Å². The van der Waals surface area contributed by atoms with Gasteiger partial charge in [-0.2, -0.15) is 18.3 Å². The lowest BCUT2D eigenvalue weighted by atomic mass is 9.91. The molecule has 3 aromatic rings. The fraction of sp³-hybridized carbons (Fsp3) is 0.320. The van der Waals surface area contributed by atoms with E-state index in [1.54, 1.807) is 26.2 Å². The minimum atomic E-state index is -4.50. The van der Waals surface area contributed by atoms with Crippen molar-refractivity contribution in [3.05, 3.63) is 70.9 Å². The van der Waals surface area contributed by atoms with Crippen molar-refractivity contribution >= 4 is 23.3 Å². The van der Waals surface area contributed by atoms with Crippen molar-refractivity contribution in [3.63, 3.8) is 0 Å². The molecular formula is C25H25F3N6O3. The summed E-state index contributed by atoms with van der Waals surface area (Å²) in [6.07, 6.45) is 2.16. The van der Waals surface area contributed by atoms with Gasteiger partial charge in [-0.3, -0.25) is 9.78 Å². The topological polar surface area (TPSA) is 113 Å². The molecule has 1 unspecified atom stereocenters. The van der Waals surface area contributed by atoms with Gasteiger partial charge in [-0.15, -0.1) is 0 Å². The molecule has 0 spiro atoms. The van der Waals surface area contributed by atoms with Gasteiger partial charge in [0.05, 0.1) is 40.6 Å². The lowest BCUT2D eigenvalue weighted by Crippen LogP contribution is -2.36. The fourth-order valence-electron chi connectivity index (χ4n) is 4.26. The van der Waals surface area contributed by atoms with Gasteiger partial charge in [0.25, 0.3) is 5.91 Å². The van der Waals surface area contributed by atoms with Crippen LogP contribution in [0.5, 0.6) is 0 Å². The number of amides is 2. The first-order valence-corrected chi connectivity index (χ1v) is 11.5. The van der Waals surface area contributed by atoms with Crippen LogP contribution in [0.15, 0.2) is 42.9 Å². The molecule has 9 nitrogen and oxygen atoms in total. The summed E-state index contributed by atoms with van der Waals surface area (Å²) in [5.74, 6) is -0.287. The molecule has 194 valence electrons. The monoisotopic (exact) mass is 514 g/mol. The van der Waals surface area contributed by atoms with Crippen molar-refractivity contribution in [1.82, 2.24) is 24.6 Å². The quantitative estimate of drug-likeness (QED) is 0.490. The number of aryl methyl sites for hydroxylation is 1. The highest BCUT2D eigenvalue weighted by Crippen LogP contribution is 2.31. The van der Waals surface area contributed by atoms with Gasteiger partial charge in [-0.25, -0.2) is 14.5 Å². The van der Waals surface area contributed by atoms with E-state index in [-0.39, 0.29) is 17.4 Å². The van der Waals surface area contributed by atoms with Gasteiger partial charge in [-0.1, -0.05) is 6.08 Å². The van der Waals surface area contributed by atoms with E-state index in [9.17, 15) is 27.9 Å². The second-order valence-corrected chi connectivity index (χ2v) is 8.85. The summed E-state index contributed by atoms with van der Waals surface area (Å²) < 4.78 is 39.7. The second-order valence-electron chi connectivity index (χ2n) is 8.85. The highest BCUT2D eigenvalue weighted by atomic mass is 19.4. The average Bonchev–Trinajstić information content (AvgIpc) is 3.24. The summed E-state index contributed by atoms with van der Waals surface area (Å²) in [5.41, 5.74) is 2.95. The van der Waals surface area contributed by atoms with E-state index in [4.69, 9.17) is 0 Å². The van der Waals surface area contributed by atoms with Crippen molar-refractivity contribution < 1.29 is 27.9 Å². The number of halogens is 3. The molecule has 1 aliphatic rings. The lowest BCUT2D eigenvalue weighted by Gasteiger charge is -2.28. The Morgan fingerprint density at radius 2 is 1.92 bits per heavy atom. The van der Waals surface area contributed by atoms with Crippen LogP contribution in [-0.4, -0.2) is 54.8 Å². The van der Waals surface area contributed by atoms with Crippen molar-refractivity contribution in [2.24, 2.45) is 0 Å². The van der Waals surface area contributed by atoms with Gasteiger partial charge >= 0.3 is 12.3 Å². The first kappa shape index (κ1) is 25.9. The molecule has 4 rings (SSSR count). The van der Waals surface area contributed by atoms with Crippen LogP contribution in [0.2, 0.25) is 0 Å². The Morgan fingerprint density at radius 1 is 1.16 bits per heavy atom. The molecule has 2 N–H and O–H groups in total. The third kappa shape index (κ3) is 5.47. The summed E-state index contributed by atoms with van der Waals surface area (Å²) in [5, 5.41) is 16.1. The summed E-state index contributed by atoms with van der Waals surface area (Å²) in [7, 11) is 1.57. The molecular weight excluding hydrogens is 489 g/mol. The number of carbonyl (C=O) groups is 2. The fourth-order valence-corrected chi connectivity index (χ4v) is 4.26. The number of nitrogens with one attached hydrogen (secondary N) is 1. The van der Waals surface area contributed by atoms with Crippen molar-refractivity contribution in [2.45, 2.75) is 45.3 Å². The Morgan fingerprint density at radius 3 is 2.49 bits per heavy atom. The Labute approximate surface area is 210 Å². The first-order valence-electron chi connectivity index (χ1n) is 11.5. The van der Waals surface area contributed by atoms with Crippen LogP contribution in [0.3, 0.4) is 0 Å². The number of hydrogen-bond donors (Lipinski definition) is 2. The molecule has 0 bridgehead atoms. The highest BCUT2D eigenvalue weighted by Gasteiger charge is 2.31. The molecule has 0 saturated heterocycles. The van der Waals surface area contributed by atoms with Crippen molar-refractivity contribution in [1.29, 1.82) is 0 Å². The number of allylic oxidation sites excluding steroid dienone is 1. The van der Waals surface area contributed by atoms with Gasteiger partial charge < -0.3 is 15.3 Å². The van der Waals surface area contributed by atoms with E-state index in [0.717, 1.165) is 29.1 Å². The van der Waals surface area contributed by atoms with Gasteiger partial charge in [0.15, 0.2) is 5.82 Å². The van der Waals surface area contributed by atoms with Crippen LogP contribution >= 0.6 is 0 Å². The molecule has 0 radical (unpaired) electrons. The van der Waals surface area contributed by atoms with E-state index in [2.05, 4.69) is 20.4 Å². The largest absolute Gasteiger partial charge is 0.465 e. The van der Waals surface area contributed by atoms with Gasteiger partial charge in [0.2, 0.25) is 0 Å². The van der Waals surface area contributed by atoms with Crippen molar-refractivity contribution in [2.75, 3.05) is 12.4 Å². The maximum absolute atomic E-state index is 12.9. The zero-order valence-electron chi connectivity index (χ0n) is 20.4. The van der Waals surface area contributed by atoms with E-state index in [1.165, 1.54) is 21.8 Å². The Bertz CT molecular complexity index is 1360. The van der Waals surface area contributed by atoms with Gasteiger partial charge in [-0.05, 0) is 62.4 Å². The molecule has 3 heterocycles. The smallest absolute Gasteiger partial charge is 0.417 e. The number of carboxylic acid groups (broad SMARTS) is 1. The molecule has 0 saturated carbocycles. The van der Waals surface area contributed by atoms with Gasteiger partial charge in [0.1, 0.15) is 0 Å². The predicted octanol–water partition coefficient (Wildman–Crippen LogP) is 5.10. The van der Waals surface area contributed by atoms with Crippen LogP contribution in [0.25, 0.3) is 11.4 Å². The number of hydrogen-bond acceptors (Lipinski definition) is 5. The zero-order valence-corrected chi connectivity index (χ0v) is 20.4. The third-order valence-electron chi connectivity index (χ3n) is 6.42. The number of carbonyl (C=O) groups excluding carboxylic acids is 1. The van der Waals surface area contributed by atoms with E-state index in [1.807, 2.05) is 13.0 Å². The van der Waals surface area contributed by atoms with E-state index < -0.39 is 23.7 Å². The molecule has 1 atom stereocenters. The summed E-state index contributed by atoms with van der Waals surface area (Å²) in [4.78, 5) is 33.7. The van der Waals surface area contributed by atoms with Crippen molar-refractivity contribution in [3.8, 4) is 5.82 Å². The number of anilines is 1. The summed E-state index contributed by atoms with van der Waals surface area (Å²) in [6.45, 7) is 3.51. The predicted molar refractivity (Wildman–Crippen MR) is 129 cm³/mol. The standard InChI is InChI=1S/C25H25F3N6O3/c1-14-10-18(12-30-22(14)16-4-7-19(8-5-16)33(3)24(36)37)32-23(35)20-13-31-34(15(20)2)21-9-6-17(11-29-21)25(26,27)28/h4,6,9-13,19H,5,7-8H2,1-3H3,(H,32,35)(H,36,37). The SMILES string of the molecule is Cc1cc(NC(=O)c2cnn(-c3ccc(C(F)(F)F)cn3)c2C)cnc1C1=CCC(N(C)C(=O)O)CC1. The zero-order chi connectivity index (χ0) is 26.9. The highest BCUT2D eigenvalue weighted by molar-refractivity contribution is 6.05. The van der Waals surface area contributed by atoms with Crippen LogP contribution in [-0.2, 0) is 6.18 Å². The number of pyridine rings is 2. The van der Waals surface area contributed by atoms with Crippen LogP contribution in [0.4, 0.5) is 23.7 Å². The number of rotatable bonds is 5.